The first-order chi connectivity index (χ1) is 8.99. The van der Waals surface area contributed by atoms with Gasteiger partial charge in [0, 0.05) is 22.9 Å². The van der Waals surface area contributed by atoms with Gasteiger partial charge in [-0.05, 0) is 47.8 Å². The normalized spacial score (nSPS) is 20.1. The molecular formula is C15H27N3S. The van der Waals surface area contributed by atoms with Gasteiger partial charge in [0.1, 0.15) is 0 Å². The van der Waals surface area contributed by atoms with Crippen LogP contribution in [0.5, 0.6) is 0 Å². The summed E-state index contributed by atoms with van der Waals surface area (Å²) in [5, 5.41) is 4.85. The highest BCUT2D eigenvalue weighted by molar-refractivity contribution is 7.11. The minimum Gasteiger partial charge on any atom is -0.315 e. The highest BCUT2D eigenvalue weighted by atomic mass is 32.1. The van der Waals surface area contributed by atoms with Gasteiger partial charge in [0.15, 0.2) is 0 Å². The van der Waals surface area contributed by atoms with Gasteiger partial charge in [0.25, 0.3) is 0 Å². The Bertz CT molecular complexity index is 400. The van der Waals surface area contributed by atoms with Crippen LogP contribution >= 0.6 is 11.3 Å². The quantitative estimate of drug-likeness (QED) is 0.899. The van der Waals surface area contributed by atoms with Gasteiger partial charge < -0.3 is 10.2 Å². The number of hydrogen-bond acceptors (Lipinski definition) is 4. The van der Waals surface area contributed by atoms with Crippen LogP contribution in [0.4, 0.5) is 0 Å². The maximum atomic E-state index is 4.72. The monoisotopic (exact) mass is 281 g/mol. The van der Waals surface area contributed by atoms with Crippen molar-refractivity contribution in [3.63, 3.8) is 0 Å². The summed E-state index contributed by atoms with van der Waals surface area (Å²) in [7, 11) is 6.56. The molecule has 2 rings (SSSR count). The topological polar surface area (TPSA) is 28.2 Å². The lowest BCUT2D eigenvalue weighted by Gasteiger charge is -2.43. The zero-order chi connectivity index (χ0) is 14.0. The zero-order valence-electron chi connectivity index (χ0n) is 12.9. The van der Waals surface area contributed by atoms with Crippen molar-refractivity contribution < 1.29 is 0 Å². The molecule has 3 nitrogen and oxygen atoms in total. The second-order valence-electron chi connectivity index (χ2n) is 6.00. The molecule has 1 aromatic rings. The number of aromatic nitrogens is 1. The molecule has 0 aliphatic heterocycles. The molecular weight excluding hydrogens is 254 g/mol. The highest BCUT2D eigenvalue weighted by Crippen LogP contribution is 2.38. The molecule has 1 saturated carbocycles. The predicted octanol–water partition coefficient (Wildman–Crippen LogP) is 2.76. The van der Waals surface area contributed by atoms with Crippen LogP contribution in [0.15, 0.2) is 0 Å². The Morgan fingerprint density at radius 1 is 1.32 bits per heavy atom. The molecule has 1 aromatic heterocycles. The molecule has 0 bridgehead atoms. The Balaban J connectivity index is 2.19. The van der Waals surface area contributed by atoms with E-state index in [4.69, 9.17) is 4.98 Å². The van der Waals surface area contributed by atoms with E-state index in [1.807, 2.05) is 11.3 Å². The van der Waals surface area contributed by atoms with E-state index >= 15 is 0 Å². The van der Waals surface area contributed by atoms with E-state index in [9.17, 15) is 0 Å². The Kier molecular flexibility index (Phi) is 4.64. The second kappa shape index (κ2) is 5.90. The first-order valence-corrected chi connectivity index (χ1v) is 8.09. The summed E-state index contributed by atoms with van der Waals surface area (Å²) in [6.45, 7) is 4.28. The molecule has 0 spiro atoms. The summed E-state index contributed by atoms with van der Waals surface area (Å²) in [6.07, 6.45) is 6.36. The zero-order valence-corrected chi connectivity index (χ0v) is 13.7. The average Bonchev–Trinajstić information content (AvgIpc) is 2.95. The molecule has 0 amide bonds. The molecule has 108 valence electrons. The minimum atomic E-state index is 0.308. The number of likely N-dealkylation sites (N-methyl/N-ethyl adjacent to an activating group) is 2. The fraction of sp³-hybridized carbons (Fsp3) is 0.800. The van der Waals surface area contributed by atoms with Crippen molar-refractivity contribution in [1.29, 1.82) is 0 Å². The molecule has 1 heterocycles. The van der Waals surface area contributed by atoms with Crippen LogP contribution < -0.4 is 5.32 Å². The average molecular weight is 281 g/mol. The molecule has 0 saturated heterocycles. The third kappa shape index (κ3) is 2.86. The Hall–Kier alpha value is -0.450. The molecule has 4 heteroatoms. The smallest absolute Gasteiger partial charge is 0.0947 e. The van der Waals surface area contributed by atoms with E-state index in [2.05, 4.69) is 45.2 Å². The standard InChI is InChI=1S/C15H27N3S/c1-11-12(2)19-14(17-11)10-13(16-3)15(18(4)5)8-6-7-9-15/h13,16H,6-10H2,1-5H3. The van der Waals surface area contributed by atoms with Crippen molar-refractivity contribution in [1.82, 2.24) is 15.2 Å². The van der Waals surface area contributed by atoms with Gasteiger partial charge in [-0.3, -0.25) is 0 Å². The van der Waals surface area contributed by atoms with Crippen LogP contribution in [0.25, 0.3) is 0 Å². The van der Waals surface area contributed by atoms with Crippen LogP contribution in [0.1, 0.15) is 41.3 Å². The number of hydrogen-bond donors (Lipinski definition) is 1. The summed E-state index contributed by atoms with van der Waals surface area (Å²) in [5.41, 5.74) is 1.50. The van der Waals surface area contributed by atoms with Gasteiger partial charge in [-0.2, -0.15) is 0 Å². The van der Waals surface area contributed by atoms with Crippen molar-refractivity contribution in [2.45, 2.75) is 57.5 Å². The van der Waals surface area contributed by atoms with Crippen molar-refractivity contribution >= 4 is 11.3 Å². The molecule has 19 heavy (non-hydrogen) atoms. The number of aryl methyl sites for hydroxylation is 2. The molecule has 1 N–H and O–H groups in total. The third-order valence-corrected chi connectivity index (χ3v) is 5.90. The van der Waals surface area contributed by atoms with Crippen molar-refractivity contribution in [2.75, 3.05) is 21.1 Å². The SMILES string of the molecule is CNC(Cc1nc(C)c(C)s1)C1(N(C)C)CCCC1. The second-order valence-corrected chi connectivity index (χ2v) is 7.29. The first-order valence-electron chi connectivity index (χ1n) is 7.27. The molecule has 1 aliphatic rings. The fourth-order valence-corrected chi connectivity index (χ4v) is 4.44. The fourth-order valence-electron chi connectivity index (χ4n) is 3.46. The predicted molar refractivity (Wildman–Crippen MR) is 83.0 cm³/mol. The molecule has 1 unspecified atom stereocenters. The van der Waals surface area contributed by atoms with Gasteiger partial charge in [0.2, 0.25) is 0 Å². The largest absolute Gasteiger partial charge is 0.315 e. The van der Waals surface area contributed by atoms with Crippen LogP contribution in [0.3, 0.4) is 0 Å². The van der Waals surface area contributed by atoms with Crippen LogP contribution in [0.2, 0.25) is 0 Å². The van der Waals surface area contributed by atoms with Gasteiger partial charge >= 0.3 is 0 Å². The van der Waals surface area contributed by atoms with Gasteiger partial charge in [-0.1, -0.05) is 12.8 Å². The third-order valence-electron chi connectivity index (χ3n) is 4.81. The Morgan fingerprint density at radius 3 is 2.37 bits per heavy atom. The summed E-state index contributed by atoms with van der Waals surface area (Å²) in [5.74, 6) is 0. The lowest BCUT2D eigenvalue weighted by molar-refractivity contribution is 0.108. The van der Waals surface area contributed by atoms with E-state index in [1.165, 1.54) is 41.3 Å². The number of nitrogens with one attached hydrogen (secondary N) is 1. The van der Waals surface area contributed by atoms with Gasteiger partial charge in [0.05, 0.1) is 10.7 Å². The molecule has 1 fully saturated rings. The highest BCUT2D eigenvalue weighted by Gasteiger charge is 2.42. The van der Waals surface area contributed by atoms with E-state index in [0.717, 1.165) is 6.42 Å². The summed E-state index contributed by atoms with van der Waals surface area (Å²) in [4.78, 5) is 8.52. The van der Waals surface area contributed by atoms with E-state index < -0.39 is 0 Å². The summed E-state index contributed by atoms with van der Waals surface area (Å²) >= 11 is 1.86. The lowest BCUT2D eigenvalue weighted by Crippen LogP contribution is -2.57. The van der Waals surface area contributed by atoms with E-state index in [0.29, 0.717) is 11.6 Å². The molecule has 0 aromatic carbocycles. The number of thiazole rings is 1. The van der Waals surface area contributed by atoms with Gasteiger partial charge in [-0.25, -0.2) is 4.98 Å². The van der Waals surface area contributed by atoms with E-state index in [1.54, 1.807) is 0 Å². The number of rotatable bonds is 5. The van der Waals surface area contributed by atoms with Crippen LogP contribution in [-0.4, -0.2) is 42.6 Å². The maximum absolute atomic E-state index is 4.72. The Labute approximate surface area is 121 Å². The molecule has 1 atom stereocenters. The van der Waals surface area contributed by atoms with Crippen molar-refractivity contribution in [3.05, 3.63) is 15.6 Å². The molecule has 0 radical (unpaired) electrons. The lowest BCUT2D eigenvalue weighted by atomic mass is 9.85. The van der Waals surface area contributed by atoms with Crippen molar-refractivity contribution in [3.8, 4) is 0 Å². The number of nitrogens with zero attached hydrogens (tertiary/aromatic N) is 2. The minimum absolute atomic E-state index is 0.308. The Morgan fingerprint density at radius 2 is 1.95 bits per heavy atom. The van der Waals surface area contributed by atoms with E-state index in [-0.39, 0.29) is 0 Å². The maximum Gasteiger partial charge on any atom is 0.0947 e. The van der Waals surface area contributed by atoms with Gasteiger partial charge in [-0.15, -0.1) is 11.3 Å². The summed E-state index contributed by atoms with van der Waals surface area (Å²) in [6, 6.07) is 0.495. The van der Waals surface area contributed by atoms with Crippen LogP contribution in [0, 0.1) is 13.8 Å². The molecule has 1 aliphatic carbocycles. The summed E-state index contributed by atoms with van der Waals surface area (Å²) < 4.78 is 0. The van der Waals surface area contributed by atoms with Crippen molar-refractivity contribution in [2.24, 2.45) is 0 Å². The first kappa shape index (κ1) is 14.9. The van der Waals surface area contributed by atoms with Crippen LogP contribution in [-0.2, 0) is 6.42 Å².